The molecule has 23 heavy (non-hydrogen) atoms. The van der Waals surface area contributed by atoms with Crippen LogP contribution in [0, 0.1) is 0 Å². The second-order valence-electron chi connectivity index (χ2n) is 6.45. The smallest absolute Gasteiger partial charge is 0.305 e. The Bertz CT molecular complexity index is 701. The van der Waals surface area contributed by atoms with Crippen LogP contribution in [-0.4, -0.2) is 20.8 Å². The highest BCUT2D eigenvalue weighted by Gasteiger charge is 2.25. The minimum Gasteiger partial charge on any atom is -0.305 e. The Kier molecular flexibility index (Phi) is 3.73. The summed E-state index contributed by atoms with van der Waals surface area (Å²) in [7, 11) is 0. The molecule has 2 heterocycles. The monoisotopic (exact) mass is 311 g/mol. The molecule has 0 bridgehead atoms. The van der Waals surface area contributed by atoms with Crippen LogP contribution in [0.3, 0.4) is 0 Å². The van der Waals surface area contributed by atoms with Crippen molar-refractivity contribution < 1.29 is 4.79 Å². The molecule has 0 aliphatic heterocycles. The largest absolute Gasteiger partial charge is 0.324 e. The molecular formula is C17H21N5O. The lowest BCUT2D eigenvalue weighted by Gasteiger charge is -2.09. The third-order valence-electron chi connectivity index (χ3n) is 4.57. The van der Waals surface area contributed by atoms with E-state index in [0.29, 0.717) is 23.5 Å². The van der Waals surface area contributed by atoms with Crippen LogP contribution < -0.4 is 10.6 Å². The van der Waals surface area contributed by atoms with Crippen molar-refractivity contribution in [3.63, 3.8) is 0 Å². The van der Waals surface area contributed by atoms with E-state index in [2.05, 4.69) is 20.7 Å². The highest BCUT2D eigenvalue weighted by atomic mass is 16.2. The van der Waals surface area contributed by atoms with Crippen LogP contribution in [0.25, 0.3) is 0 Å². The molecule has 0 atom stereocenters. The molecule has 2 saturated carbocycles. The molecule has 0 unspecified atom stereocenters. The number of carbonyl (C=O) groups excluding carboxylic acids is 1. The number of nitrogens with one attached hydrogen (secondary N) is 2. The Hall–Kier alpha value is -2.37. The zero-order chi connectivity index (χ0) is 15.6. The molecule has 2 aliphatic carbocycles. The van der Waals surface area contributed by atoms with E-state index in [0.717, 1.165) is 5.69 Å². The Morgan fingerprint density at radius 1 is 1.13 bits per heavy atom. The third-order valence-corrected chi connectivity index (χ3v) is 4.57. The van der Waals surface area contributed by atoms with Crippen molar-refractivity contribution in [1.82, 2.24) is 14.8 Å². The van der Waals surface area contributed by atoms with Gasteiger partial charge in [-0.1, -0.05) is 18.9 Å². The lowest BCUT2D eigenvalue weighted by Crippen LogP contribution is -2.20. The first-order valence-corrected chi connectivity index (χ1v) is 8.37. The van der Waals surface area contributed by atoms with Gasteiger partial charge in [-0.3, -0.25) is 10.00 Å². The Balaban J connectivity index is 1.37. The molecule has 2 amide bonds. The Morgan fingerprint density at radius 2 is 1.96 bits per heavy atom. The number of hydrogen-bond donors (Lipinski definition) is 2. The standard InChI is InChI=1S/C17H21N5O/c23-17(21-16-7-3-6-15(20-16)12-8-9-12)19-13-10-18-22(11-13)14-4-1-2-5-14/h3,6-7,10-12,14H,1-2,4-5,8-9H2,(H2,19,20,21,23). The summed E-state index contributed by atoms with van der Waals surface area (Å²) in [5.74, 6) is 1.17. The summed E-state index contributed by atoms with van der Waals surface area (Å²) in [6, 6.07) is 5.97. The topological polar surface area (TPSA) is 71.8 Å². The highest BCUT2D eigenvalue weighted by Crippen LogP contribution is 2.39. The van der Waals surface area contributed by atoms with Gasteiger partial charge in [0.1, 0.15) is 5.82 Å². The van der Waals surface area contributed by atoms with E-state index in [-0.39, 0.29) is 6.03 Å². The molecule has 2 aromatic heterocycles. The van der Waals surface area contributed by atoms with Crippen molar-refractivity contribution in [1.29, 1.82) is 0 Å². The minimum absolute atomic E-state index is 0.281. The predicted octanol–water partition coefficient (Wildman–Crippen LogP) is 3.91. The van der Waals surface area contributed by atoms with E-state index >= 15 is 0 Å². The molecule has 2 aliphatic rings. The summed E-state index contributed by atoms with van der Waals surface area (Å²) in [5, 5.41) is 9.98. The number of nitrogens with zero attached hydrogens (tertiary/aromatic N) is 3. The lowest BCUT2D eigenvalue weighted by atomic mass is 10.2. The minimum atomic E-state index is -0.281. The van der Waals surface area contributed by atoms with Gasteiger partial charge in [0, 0.05) is 17.8 Å². The van der Waals surface area contributed by atoms with Crippen molar-refractivity contribution >= 4 is 17.5 Å². The van der Waals surface area contributed by atoms with Crippen molar-refractivity contribution in [2.24, 2.45) is 0 Å². The third kappa shape index (κ3) is 3.36. The normalized spacial score (nSPS) is 18.1. The summed E-state index contributed by atoms with van der Waals surface area (Å²) in [4.78, 5) is 16.6. The lowest BCUT2D eigenvalue weighted by molar-refractivity contribution is 0.262. The van der Waals surface area contributed by atoms with Gasteiger partial charge in [0.05, 0.1) is 17.9 Å². The number of carbonyl (C=O) groups is 1. The second-order valence-corrected chi connectivity index (χ2v) is 6.45. The number of anilines is 2. The number of urea groups is 1. The Labute approximate surface area is 135 Å². The average molecular weight is 311 g/mol. The molecule has 0 radical (unpaired) electrons. The zero-order valence-electron chi connectivity index (χ0n) is 13.0. The van der Waals surface area contributed by atoms with E-state index in [9.17, 15) is 4.79 Å². The quantitative estimate of drug-likeness (QED) is 0.899. The second kappa shape index (κ2) is 6.02. The molecule has 2 aromatic rings. The van der Waals surface area contributed by atoms with Crippen molar-refractivity contribution in [2.75, 3.05) is 10.6 Å². The van der Waals surface area contributed by atoms with Crippen LogP contribution in [0.1, 0.15) is 56.2 Å². The molecule has 0 aromatic carbocycles. The highest BCUT2D eigenvalue weighted by molar-refractivity contribution is 5.98. The van der Waals surface area contributed by atoms with Gasteiger partial charge in [-0.05, 0) is 37.8 Å². The van der Waals surface area contributed by atoms with Gasteiger partial charge in [-0.25, -0.2) is 9.78 Å². The maximum atomic E-state index is 12.1. The van der Waals surface area contributed by atoms with E-state index in [4.69, 9.17) is 0 Å². The SMILES string of the molecule is O=C(Nc1cnn(C2CCCC2)c1)Nc1cccc(C2CC2)n1. The molecule has 2 fully saturated rings. The van der Waals surface area contributed by atoms with Gasteiger partial charge in [0.15, 0.2) is 0 Å². The maximum absolute atomic E-state index is 12.1. The summed E-state index contributed by atoms with van der Waals surface area (Å²) in [6.07, 6.45) is 10.9. The number of amides is 2. The van der Waals surface area contributed by atoms with Crippen LogP contribution in [0.4, 0.5) is 16.3 Å². The fraction of sp³-hybridized carbons (Fsp3) is 0.471. The molecule has 0 spiro atoms. The van der Waals surface area contributed by atoms with Crippen LogP contribution in [0.5, 0.6) is 0 Å². The summed E-state index contributed by atoms with van der Waals surface area (Å²) in [5.41, 5.74) is 1.78. The summed E-state index contributed by atoms with van der Waals surface area (Å²) in [6.45, 7) is 0. The van der Waals surface area contributed by atoms with Gasteiger partial charge < -0.3 is 5.32 Å². The first kappa shape index (κ1) is 14.2. The zero-order valence-corrected chi connectivity index (χ0v) is 13.0. The maximum Gasteiger partial charge on any atom is 0.324 e. The summed E-state index contributed by atoms with van der Waals surface area (Å²) < 4.78 is 1.97. The first-order valence-electron chi connectivity index (χ1n) is 8.37. The van der Waals surface area contributed by atoms with Crippen molar-refractivity contribution in [3.05, 3.63) is 36.3 Å². The van der Waals surface area contributed by atoms with E-state index in [1.54, 1.807) is 6.20 Å². The molecule has 120 valence electrons. The predicted molar refractivity (Wildman–Crippen MR) is 88.6 cm³/mol. The first-order chi connectivity index (χ1) is 11.3. The molecular weight excluding hydrogens is 290 g/mol. The molecule has 6 nitrogen and oxygen atoms in total. The van der Waals surface area contributed by atoms with Gasteiger partial charge in [-0.15, -0.1) is 0 Å². The van der Waals surface area contributed by atoms with Crippen molar-refractivity contribution in [2.45, 2.75) is 50.5 Å². The van der Waals surface area contributed by atoms with Gasteiger partial charge in [0.2, 0.25) is 0 Å². The number of rotatable bonds is 4. The van der Waals surface area contributed by atoms with E-state index < -0.39 is 0 Å². The van der Waals surface area contributed by atoms with Crippen LogP contribution in [-0.2, 0) is 0 Å². The van der Waals surface area contributed by atoms with Gasteiger partial charge in [-0.2, -0.15) is 5.10 Å². The molecule has 4 rings (SSSR count). The van der Waals surface area contributed by atoms with Gasteiger partial charge in [0.25, 0.3) is 0 Å². The molecule has 0 saturated heterocycles. The number of hydrogen-bond acceptors (Lipinski definition) is 3. The fourth-order valence-electron chi connectivity index (χ4n) is 3.18. The van der Waals surface area contributed by atoms with Gasteiger partial charge >= 0.3 is 6.03 Å². The Morgan fingerprint density at radius 3 is 2.74 bits per heavy atom. The van der Waals surface area contributed by atoms with Crippen LogP contribution >= 0.6 is 0 Å². The van der Waals surface area contributed by atoms with Crippen LogP contribution in [0.2, 0.25) is 0 Å². The van der Waals surface area contributed by atoms with E-state index in [1.165, 1.54) is 38.5 Å². The summed E-state index contributed by atoms with van der Waals surface area (Å²) >= 11 is 0. The average Bonchev–Trinajstić information content (AvgIpc) is 3.06. The number of aromatic nitrogens is 3. The molecule has 6 heteroatoms. The van der Waals surface area contributed by atoms with Crippen molar-refractivity contribution in [3.8, 4) is 0 Å². The molecule has 2 N–H and O–H groups in total. The van der Waals surface area contributed by atoms with E-state index in [1.807, 2.05) is 29.1 Å². The number of pyridine rings is 1. The fourth-order valence-corrected chi connectivity index (χ4v) is 3.18. The van der Waals surface area contributed by atoms with Crippen LogP contribution in [0.15, 0.2) is 30.6 Å².